The van der Waals surface area contributed by atoms with Gasteiger partial charge in [0.2, 0.25) is 5.91 Å². The molecule has 2 aromatic carbocycles. The van der Waals surface area contributed by atoms with Gasteiger partial charge in [-0.2, -0.15) is 0 Å². The number of carbonyl (C=O) groups is 2. The van der Waals surface area contributed by atoms with Gasteiger partial charge >= 0.3 is 5.97 Å². The van der Waals surface area contributed by atoms with Gasteiger partial charge in [-0.3, -0.25) is 4.79 Å². The molecule has 9 heteroatoms. The van der Waals surface area contributed by atoms with Crippen LogP contribution < -0.4 is 20.1 Å². The van der Waals surface area contributed by atoms with Crippen LogP contribution in [0.4, 0.5) is 11.4 Å². The van der Waals surface area contributed by atoms with E-state index in [2.05, 4.69) is 15.6 Å². The molecule has 162 valence electrons. The van der Waals surface area contributed by atoms with Gasteiger partial charge in [0.25, 0.3) is 0 Å². The summed E-state index contributed by atoms with van der Waals surface area (Å²) in [5.74, 6) is -0.0383. The minimum atomic E-state index is -0.560. The van der Waals surface area contributed by atoms with Crippen molar-refractivity contribution in [3.63, 3.8) is 0 Å². The summed E-state index contributed by atoms with van der Waals surface area (Å²) >= 11 is 1.57. The van der Waals surface area contributed by atoms with Crippen LogP contribution in [0.5, 0.6) is 11.5 Å². The zero-order chi connectivity index (χ0) is 22.4. The lowest BCUT2D eigenvalue weighted by atomic mass is 10.1. The average Bonchev–Trinajstić information content (AvgIpc) is 3.23. The van der Waals surface area contributed by atoms with Crippen molar-refractivity contribution in [2.45, 2.75) is 6.92 Å². The number of amides is 1. The van der Waals surface area contributed by atoms with Crippen LogP contribution in [0, 0.1) is 6.92 Å². The molecule has 8 nitrogen and oxygen atoms in total. The fourth-order valence-electron chi connectivity index (χ4n) is 2.94. The molecule has 3 aromatic rings. The molecule has 2 N–H and O–H groups in total. The fraction of sp³-hybridized carbons (Fsp3) is 0.227. The molecular weight excluding hydrogens is 418 g/mol. The van der Waals surface area contributed by atoms with Crippen molar-refractivity contribution in [2.75, 3.05) is 38.5 Å². The summed E-state index contributed by atoms with van der Waals surface area (Å²) in [6, 6.07) is 10.6. The minimum absolute atomic E-state index is 0.0699. The fourth-order valence-corrected chi connectivity index (χ4v) is 3.56. The molecule has 0 fully saturated rings. The van der Waals surface area contributed by atoms with Crippen LogP contribution in [0.25, 0.3) is 11.3 Å². The quantitative estimate of drug-likeness (QED) is 0.510. The number of methoxy groups -OCH3 is 3. The first kappa shape index (κ1) is 22.1. The molecular formula is C22H23N3O5S. The van der Waals surface area contributed by atoms with Crippen LogP contribution in [-0.4, -0.2) is 44.7 Å². The normalized spacial score (nSPS) is 10.3. The third-order valence-electron chi connectivity index (χ3n) is 4.43. The zero-order valence-electron chi connectivity index (χ0n) is 17.6. The van der Waals surface area contributed by atoms with Crippen molar-refractivity contribution >= 4 is 34.6 Å². The largest absolute Gasteiger partial charge is 0.493 e. The predicted molar refractivity (Wildman–Crippen MR) is 120 cm³/mol. The molecule has 0 saturated heterocycles. The summed E-state index contributed by atoms with van der Waals surface area (Å²) in [4.78, 5) is 29.1. The van der Waals surface area contributed by atoms with E-state index in [1.807, 2.05) is 30.5 Å². The first-order valence-electron chi connectivity index (χ1n) is 9.35. The van der Waals surface area contributed by atoms with E-state index in [0.717, 1.165) is 16.3 Å². The molecule has 0 spiro atoms. The number of aromatic nitrogens is 1. The van der Waals surface area contributed by atoms with Crippen LogP contribution in [0.2, 0.25) is 0 Å². The Morgan fingerprint density at radius 1 is 1.06 bits per heavy atom. The number of thiazole rings is 1. The van der Waals surface area contributed by atoms with Gasteiger partial charge in [-0.25, -0.2) is 9.78 Å². The van der Waals surface area contributed by atoms with Gasteiger partial charge < -0.3 is 24.8 Å². The summed E-state index contributed by atoms with van der Waals surface area (Å²) in [6.45, 7) is 1.88. The second-order valence-electron chi connectivity index (χ2n) is 6.48. The van der Waals surface area contributed by atoms with Crippen molar-refractivity contribution in [3.8, 4) is 22.8 Å². The van der Waals surface area contributed by atoms with Crippen LogP contribution in [0.3, 0.4) is 0 Å². The topological polar surface area (TPSA) is 98.8 Å². The van der Waals surface area contributed by atoms with Crippen LogP contribution in [0.15, 0.2) is 41.8 Å². The molecule has 1 amide bonds. The third kappa shape index (κ3) is 5.32. The number of hydrogen-bond acceptors (Lipinski definition) is 8. The summed E-state index contributed by atoms with van der Waals surface area (Å²) in [5.41, 5.74) is 3.06. The van der Waals surface area contributed by atoms with Crippen molar-refractivity contribution < 1.29 is 23.8 Å². The van der Waals surface area contributed by atoms with E-state index in [1.165, 1.54) is 27.4 Å². The third-order valence-corrected chi connectivity index (χ3v) is 5.20. The SMILES string of the molecule is COC(=O)c1cc(OC)c(OC)cc1NCC(=O)Nc1cccc(-c2csc(C)n2)c1. The Bertz CT molecular complexity index is 1100. The molecule has 0 radical (unpaired) electrons. The monoisotopic (exact) mass is 441 g/mol. The van der Waals surface area contributed by atoms with Crippen molar-refractivity contribution in [2.24, 2.45) is 0 Å². The molecule has 0 bridgehead atoms. The Morgan fingerprint density at radius 2 is 1.81 bits per heavy atom. The van der Waals surface area contributed by atoms with Gasteiger partial charge in [-0.05, 0) is 19.1 Å². The van der Waals surface area contributed by atoms with Crippen LogP contribution in [0.1, 0.15) is 15.4 Å². The maximum absolute atomic E-state index is 12.5. The maximum Gasteiger partial charge on any atom is 0.340 e. The lowest BCUT2D eigenvalue weighted by Gasteiger charge is -2.15. The number of rotatable bonds is 8. The van der Waals surface area contributed by atoms with E-state index in [0.29, 0.717) is 22.9 Å². The Kier molecular flexibility index (Phi) is 7.09. The number of carbonyl (C=O) groups excluding carboxylic acids is 2. The Balaban J connectivity index is 1.73. The highest BCUT2D eigenvalue weighted by atomic mass is 32.1. The van der Waals surface area contributed by atoms with E-state index in [9.17, 15) is 9.59 Å². The molecule has 1 aromatic heterocycles. The smallest absolute Gasteiger partial charge is 0.340 e. The van der Waals surface area contributed by atoms with Crippen LogP contribution in [-0.2, 0) is 9.53 Å². The predicted octanol–water partition coefficient (Wildman–Crippen LogP) is 3.97. The van der Waals surface area contributed by atoms with E-state index >= 15 is 0 Å². The molecule has 31 heavy (non-hydrogen) atoms. The summed E-state index contributed by atoms with van der Waals surface area (Å²) < 4.78 is 15.3. The van der Waals surface area contributed by atoms with E-state index < -0.39 is 5.97 Å². The summed E-state index contributed by atoms with van der Waals surface area (Å²) in [7, 11) is 4.25. The first-order chi connectivity index (χ1) is 14.9. The average molecular weight is 442 g/mol. The Morgan fingerprint density at radius 3 is 2.45 bits per heavy atom. The second kappa shape index (κ2) is 9.94. The van der Waals surface area contributed by atoms with Gasteiger partial charge in [0, 0.05) is 28.8 Å². The zero-order valence-corrected chi connectivity index (χ0v) is 18.5. The molecule has 0 saturated carbocycles. The van der Waals surface area contributed by atoms with Gasteiger partial charge in [0.15, 0.2) is 11.5 Å². The van der Waals surface area contributed by atoms with Crippen molar-refractivity contribution in [1.82, 2.24) is 4.98 Å². The van der Waals surface area contributed by atoms with Crippen molar-refractivity contribution in [3.05, 3.63) is 52.3 Å². The van der Waals surface area contributed by atoms with E-state index in [4.69, 9.17) is 14.2 Å². The molecule has 3 rings (SSSR count). The Labute approximate surface area is 184 Å². The molecule has 1 heterocycles. The number of anilines is 2. The number of benzene rings is 2. The maximum atomic E-state index is 12.5. The summed E-state index contributed by atoms with van der Waals surface area (Å²) in [6.07, 6.45) is 0. The van der Waals surface area contributed by atoms with Gasteiger partial charge in [0.1, 0.15) is 0 Å². The lowest BCUT2D eigenvalue weighted by molar-refractivity contribution is -0.114. The highest BCUT2D eigenvalue weighted by molar-refractivity contribution is 7.09. The molecule has 0 aliphatic carbocycles. The van der Waals surface area contributed by atoms with E-state index in [-0.39, 0.29) is 18.0 Å². The number of aryl methyl sites for hydroxylation is 1. The van der Waals surface area contributed by atoms with E-state index in [1.54, 1.807) is 23.5 Å². The number of esters is 1. The minimum Gasteiger partial charge on any atom is -0.493 e. The molecule has 0 unspecified atom stereocenters. The molecule has 0 aliphatic heterocycles. The number of nitrogens with one attached hydrogen (secondary N) is 2. The number of nitrogens with zero attached hydrogens (tertiary/aromatic N) is 1. The Hall–Kier alpha value is -3.59. The van der Waals surface area contributed by atoms with Crippen LogP contribution >= 0.6 is 11.3 Å². The van der Waals surface area contributed by atoms with Gasteiger partial charge in [-0.15, -0.1) is 11.3 Å². The second-order valence-corrected chi connectivity index (χ2v) is 7.54. The van der Waals surface area contributed by atoms with Gasteiger partial charge in [0.05, 0.1) is 49.8 Å². The molecule has 0 atom stereocenters. The highest BCUT2D eigenvalue weighted by Gasteiger charge is 2.18. The summed E-state index contributed by atoms with van der Waals surface area (Å²) in [5, 5.41) is 8.76. The first-order valence-corrected chi connectivity index (χ1v) is 10.2. The van der Waals surface area contributed by atoms with Gasteiger partial charge in [-0.1, -0.05) is 12.1 Å². The van der Waals surface area contributed by atoms with Crippen molar-refractivity contribution in [1.29, 1.82) is 0 Å². The molecule has 0 aliphatic rings. The highest BCUT2D eigenvalue weighted by Crippen LogP contribution is 2.33. The number of hydrogen-bond donors (Lipinski definition) is 2. The lowest BCUT2D eigenvalue weighted by Crippen LogP contribution is -2.23. The number of ether oxygens (including phenoxy) is 3. The standard InChI is InChI=1S/C22H23N3O5S/c1-13-24-18(12-31-13)14-6-5-7-15(8-14)25-21(26)11-23-17-10-20(29-3)19(28-2)9-16(17)22(27)30-4/h5-10,12,23H,11H2,1-4H3,(H,25,26).